The van der Waals surface area contributed by atoms with Gasteiger partial charge in [0, 0.05) is 0 Å². The van der Waals surface area contributed by atoms with Gasteiger partial charge in [-0.05, 0) is 66.3 Å². The van der Waals surface area contributed by atoms with Crippen molar-refractivity contribution in [1.82, 2.24) is 0 Å². The summed E-state index contributed by atoms with van der Waals surface area (Å²) in [7, 11) is 0. The van der Waals surface area contributed by atoms with Gasteiger partial charge in [-0.2, -0.15) is 0 Å². The van der Waals surface area contributed by atoms with Crippen LogP contribution in [-0.2, 0) is 6.42 Å². The van der Waals surface area contributed by atoms with Crippen LogP contribution in [0.3, 0.4) is 0 Å². The van der Waals surface area contributed by atoms with E-state index in [1.807, 2.05) is 0 Å². The monoisotopic (exact) mass is 266 g/mol. The SMILES string of the molecule is c1ccc(C[C@@]23C[C@@H]2CC24CCCCCC[C@H]2[C@H]43)cc1. The van der Waals surface area contributed by atoms with Crippen LogP contribution in [0.15, 0.2) is 30.3 Å². The van der Waals surface area contributed by atoms with Crippen LogP contribution in [0.4, 0.5) is 0 Å². The lowest BCUT2D eigenvalue weighted by atomic mass is 9.87. The molecule has 0 aliphatic heterocycles. The fourth-order valence-electron chi connectivity index (χ4n) is 6.72. The van der Waals surface area contributed by atoms with E-state index in [0.717, 1.165) is 28.6 Å². The minimum Gasteiger partial charge on any atom is -0.0622 e. The molecule has 0 heteroatoms. The van der Waals surface area contributed by atoms with Crippen molar-refractivity contribution >= 4 is 0 Å². The van der Waals surface area contributed by atoms with Gasteiger partial charge >= 0.3 is 0 Å². The molecule has 5 rings (SSSR count). The highest BCUT2D eigenvalue weighted by molar-refractivity contribution is 5.33. The molecule has 0 bridgehead atoms. The van der Waals surface area contributed by atoms with E-state index in [9.17, 15) is 0 Å². The van der Waals surface area contributed by atoms with Crippen LogP contribution >= 0.6 is 0 Å². The predicted molar refractivity (Wildman–Crippen MR) is 82.4 cm³/mol. The third-order valence-electron chi connectivity index (χ3n) is 7.46. The van der Waals surface area contributed by atoms with E-state index in [-0.39, 0.29) is 0 Å². The minimum absolute atomic E-state index is 0.760. The number of benzene rings is 1. The Kier molecular flexibility index (Phi) is 2.31. The molecule has 4 aliphatic carbocycles. The molecule has 0 N–H and O–H groups in total. The van der Waals surface area contributed by atoms with Gasteiger partial charge < -0.3 is 0 Å². The molecule has 4 aliphatic rings. The lowest BCUT2D eigenvalue weighted by molar-refractivity contribution is 0.328. The Morgan fingerprint density at radius 2 is 1.80 bits per heavy atom. The lowest BCUT2D eigenvalue weighted by Crippen LogP contribution is -2.11. The van der Waals surface area contributed by atoms with E-state index in [1.165, 1.54) is 32.1 Å². The summed E-state index contributed by atoms with van der Waals surface area (Å²) in [6.07, 6.45) is 13.8. The van der Waals surface area contributed by atoms with Crippen LogP contribution < -0.4 is 0 Å². The molecule has 0 nitrogen and oxygen atoms in total. The van der Waals surface area contributed by atoms with E-state index in [0.29, 0.717) is 0 Å². The zero-order chi connectivity index (χ0) is 13.2. The predicted octanol–water partition coefficient (Wildman–Crippen LogP) is 5.23. The van der Waals surface area contributed by atoms with Gasteiger partial charge in [0.25, 0.3) is 0 Å². The summed E-state index contributed by atoms with van der Waals surface area (Å²) in [6, 6.07) is 11.3. The van der Waals surface area contributed by atoms with Crippen molar-refractivity contribution in [3.63, 3.8) is 0 Å². The summed E-state index contributed by atoms with van der Waals surface area (Å²) in [5, 5.41) is 0. The van der Waals surface area contributed by atoms with Crippen LogP contribution in [0.1, 0.15) is 56.9 Å². The molecule has 0 saturated heterocycles. The normalized spacial score (nSPS) is 48.5. The smallest absolute Gasteiger partial charge is 0.0189 e. The molecule has 0 heterocycles. The molecule has 0 amide bonds. The van der Waals surface area contributed by atoms with Gasteiger partial charge in [-0.3, -0.25) is 0 Å². The van der Waals surface area contributed by atoms with E-state index in [1.54, 1.807) is 31.2 Å². The first-order valence-electron chi connectivity index (χ1n) is 8.89. The van der Waals surface area contributed by atoms with E-state index in [4.69, 9.17) is 0 Å². The summed E-state index contributed by atoms with van der Waals surface area (Å²) in [5.74, 6) is 3.35. The molecular formula is C20H26. The maximum absolute atomic E-state index is 2.36. The number of hydrogen-bond donors (Lipinski definition) is 0. The van der Waals surface area contributed by atoms with Crippen molar-refractivity contribution in [2.75, 3.05) is 0 Å². The maximum Gasteiger partial charge on any atom is -0.0189 e. The Hall–Kier alpha value is -0.780. The van der Waals surface area contributed by atoms with Gasteiger partial charge in [-0.25, -0.2) is 0 Å². The zero-order valence-electron chi connectivity index (χ0n) is 12.5. The summed E-state index contributed by atoms with van der Waals surface area (Å²) in [6.45, 7) is 0. The molecule has 5 atom stereocenters. The molecule has 20 heavy (non-hydrogen) atoms. The minimum atomic E-state index is 0.760. The van der Waals surface area contributed by atoms with Gasteiger partial charge in [-0.1, -0.05) is 56.0 Å². The summed E-state index contributed by atoms with van der Waals surface area (Å²) in [4.78, 5) is 0. The van der Waals surface area contributed by atoms with Crippen molar-refractivity contribution < 1.29 is 0 Å². The van der Waals surface area contributed by atoms with E-state index in [2.05, 4.69) is 30.3 Å². The Morgan fingerprint density at radius 3 is 2.70 bits per heavy atom. The van der Waals surface area contributed by atoms with Gasteiger partial charge in [0.2, 0.25) is 0 Å². The fraction of sp³-hybridized carbons (Fsp3) is 0.700. The van der Waals surface area contributed by atoms with Crippen LogP contribution in [0, 0.1) is 28.6 Å². The molecule has 4 fully saturated rings. The van der Waals surface area contributed by atoms with Crippen molar-refractivity contribution in [2.24, 2.45) is 28.6 Å². The summed E-state index contributed by atoms with van der Waals surface area (Å²) >= 11 is 0. The topological polar surface area (TPSA) is 0 Å². The Labute approximate surface area is 123 Å². The number of fused-ring (bicyclic) bond motifs is 3. The third kappa shape index (κ3) is 1.43. The molecule has 1 aromatic rings. The molecule has 0 radical (unpaired) electrons. The molecule has 4 saturated carbocycles. The number of rotatable bonds is 2. The summed E-state index contributed by atoms with van der Waals surface area (Å²) < 4.78 is 0. The Balaban J connectivity index is 1.41. The average Bonchev–Trinajstić information content (AvgIpc) is 3.26. The fourth-order valence-corrected chi connectivity index (χ4v) is 6.72. The molecule has 106 valence electrons. The van der Waals surface area contributed by atoms with Crippen LogP contribution in [0.5, 0.6) is 0 Å². The highest BCUT2D eigenvalue weighted by Crippen LogP contribution is 2.88. The molecule has 0 aromatic heterocycles. The van der Waals surface area contributed by atoms with Crippen LogP contribution in [0.25, 0.3) is 0 Å². The first-order chi connectivity index (χ1) is 9.85. The van der Waals surface area contributed by atoms with Crippen LogP contribution in [-0.4, -0.2) is 0 Å². The van der Waals surface area contributed by atoms with E-state index >= 15 is 0 Å². The van der Waals surface area contributed by atoms with Crippen molar-refractivity contribution in [3.8, 4) is 0 Å². The second-order valence-electron chi connectivity index (χ2n) is 8.27. The van der Waals surface area contributed by atoms with Crippen LogP contribution in [0.2, 0.25) is 0 Å². The van der Waals surface area contributed by atoms with Crippen molar-refractivity contribution in [3.05, 3.63) is 35.9 Å². The standard InChI is InChI=1S/C20H26/c1-2-7-11-19-13-16-14-20(16,18(19)17(19)10-6-1)12-15-8-4-3-5-9-15/h3-5,8-9,16-18H,1-2,6-7,10-14H2/t16-,17-,18+,19?,20+/m0/s1. The first-order valence-corrected chi connectivity index (χ1v) is 8.89. The number of hydrogen-bond acceptors (Lipinski definition) is 0. The summed E-state index contributed by atoms with van der Waals surface area (Å²) in [5.41, 5.74) is 3.21. The second kappa shape index (κ2) is 3.90. The highest BCUT2D eigenvalue weighted by Gasteiger charge is 2.82. The van der Waals surface area contributed by atoms with Gasteiger partial charge in [0.05, 0.1) is 0 Å². The first kappa shape index (κ1) is 11.8. The lowest BCUT2D eigenvalue weighted by Gasteiger charge is -2.18. The van der Waals surface area contributed by atoms with Crippen molar-refractivity contribution in [1.29, 1.82) is 0 Å². The van der Waals surface area contributed by atoms with Gasteiger partial charge in [0.1, 0.15) is 0 Å². The Bertz CT molecular complexity index is 518. The molecule has 1 aromatic carbocycles. The van der Waals surface area contributed by atoms with E-state index < -0.39 is 0 Å². The molecule has 1 unspecified atom stereocenters. The van der Waals surface area contributed by atoms with Crippen molar-refractivity contribution in [2.45, 2.75) is 57.8 Å². The second-order valence-corrected chi connectivity index (χ2v) is 8.27. The maximum atomic E-state index is 2.36. The average molecular weight is 266 g/mol. The zero-order valence-corrected chi connectivity index (χ0v) is 12.5. The molecular weight excluding hydrogens is 240 g/mol. The quantitative estimate of drug-likeness (QED) is 0.688. The third-order valence-corrected chi connectivity index (χ3v) is 7.46. The van der Waals surface area contributed by atoms with Gasteiger partial charge in [0.15, 0.2) is 0 Å². The Morgan fingerprint density at radius 1 is 0.950 bits per heavy atom. The molecule has 1 spiro atoms. The van der Waals surface area contributed by atoms with Gasteiger partial charge in [-0.15, -0.1) is 0 Å². The largest absolute Gasteiger partial charge is 0.0622 e. The highest BCUT2D eigenvalue weighted by atomic mass is 14.9.